The van der Waals surface area contributed by atoms with Crippen molar-refractivity contribution >= 4 is 56.9 Å². The van der Waals surface area contributed by atoms with Gasteiger partial charge in [-0.3, -0.25) is 9.78 Å². The summed E-state index contributed by atoms with van der Waals surface area (Å²) in [6, 6.07) is 14.4. The Morgan fingerprint density at radius 3 is 2.85 bits per heavy atom. The van der Waals surface area contributed by atoms with E-state index in [1.54, 1.807) is 36.5 Å². The highest BCUT2D eigenvalue weighted by Gasteiger charge is 2.13. The topological polar surface area (TPSA) is 68.0 Å². The highest BCUT2D eigenvalue weighted by Crippen LogP contribution is 2.32. The lowest BCUT2D eigenvalue weighted by atomic mass is 10.2. The fourth-order valence-corrected chi connectivity index (χ4v) is 3.17. The zero-order chi connectivity index (χ0) is 18.1. The Labute approximate surface area is 167 Å². The van der Waals surface area contributed by atoms with Crippen molar-refractivity contribution in [1.82, 2.24) is 9.97 Å². The van der Waals surface area contributed by atoms with Crippen LogP contribution in [-0.4, -0.2) is 15.9 Å². The van der Waals surface area contributed by atoms with Gasteiger partial charge >= 0.3 is 0 Å². The summed E-state index contributed by atoms with van der Waals surface area (Å²) < 4.78 is 6.85. The van der Waals surface area contributed by atoms with Gasteiger partial charge in [0.2, 0.25) is 5.89 Å². The normalized spacial score (nSPS) is 10.8. The molecule has 1 N–H and O–H groups in total. The number of nitrogens with one attached hydrogen (secondary N) is 1. The number of rotatable bonds is 3. The van der Waals surface area contributed by atoms with Crippen LogP contribution in [0.2, 0.25) is 5.02 Å². The molecule has 7 heteroatoms. The predicted molar refractivity (Wildman–Crippen MR) is 109 cm³/mol. The minimum absolute atomic E-state index is 0.234. The molecular formula is C19H11ClIN3O2. The summed E-state index contributed by atoms with van der Waals surface area (Å²) in [4.78, 5) is 20.7. The SMILES string of the molecule is O=C(Nc1ccc2oc(-c3cc(I)ccc3Cl)nc2c1)c1cccnc1. The number of carbonyl (C=O) groups is 1. The molecule has 0 unspecified atom stereocenters. The molecule has 0 aliphatic carbocycles. The van der Waals surface area contributed by atoms with Crippen molar-refractivity contribution in [3.63, 3.8) is 0 Å². The maximum Gasteiger partial charge on any atom is 0.257 e. The van der Waals surface area contributed by atoms with Crippen LogP contribution in [-0.2, 0) is 0 Å². The number of aromatic nitrogens is 2. The molecule has 1 amide bonds. The van der Waals surface area contributed by atoms with E-state index < -0.39 is 0 Å². The van der Waals surface area contributed by atoms with Gasteiger partial charge in [-0.15, -0.1) is 0 Å². The molecule has 0 saturated heterocycles. The number of amides is 1. The van der Waals surface area contributed by atoms with E-state index in [1.807, 2.05) is 18.2 Å². The Kier molecular flexibility index (Phi) is 4.60. The Balaban J connectivity index is 1.66. The molecule has 2 aromatic carbocycles. The van der Waals surface area contributed by atoms with Gasteiger partial charge in [-0.2, -0.15) is 0 Å². The van der Waals surface area contributed by atoms with Crippen molar-refractivity contribution in [3.8, 4) is 11.5 Å². The van der Waals surface area contributed by atoms with Gasteiger partial charge in [0.1, 0.15) is 5.52 Å². The highest BCUT2D eigenvalue weighted by atomic mass is 127. The third kappa shape index (κ3) is 3.42. The molecule has 0 aliphatic heterocycles. The fraction of sp³-hybridized carbons (Fsp3) is 0. The molecule has 4 rings (SSSR count). The summed E-state index contributed by atoms with van der Waals surface area (Å²) in [5.41, 5.74) is 3.10. The van der Waals surface area contributed by atoms with E-state index in [0.717, 1.165) is 9.13 Å². The van der Waals surface area contributed by atoms with E-state index in [1.165, 1.54) is 6.20 Å². The van der Waals surface area contributed by atoms with Crippen LogP contribution in [0.4, 0.5) is 5.69 Å². The number of benzene rings is 2. The Hall–Kier alpha value is -2.45. The lowest BCUT2D eigenvalue weighted by Crippen LogP contribution is -2.11. The smallest absolute Gasteiger partial charge is 0.257 e. The predicted octanol–water partition coefficient (Wildman–Crippen LogP) is 5.40. The van der Waals surface area contributed by atoms with Gasteiger partial charge in [0, 0.05) is 21.7 Å². The first kappa shape index (κ1) is 17.0. The Morgan fingerprint density at radius 2 is 2.04 bits per heavy atom. The Bertz CT molecular complexity index is 1110. The highest BCUT2D eigenvalue weighted by molar-refractivity contribution is 14.1. The summed E-state index contributed by atoms with van der Waals surface area (Å²) in [6.45, 7) is 0. The van der Waals surface area contributed by atoms with Crippen LogP contribution in [0.3, 0.4) is 0 Å². The average molecular weight is 476 g/mol. The van der Waals surface area contributed by atoms with Crippen molar-refractivity contribution in [2.75, 3.05) is 5.32 Å². The maximum absolute atomic E-state index is 12.2. The first-order valence-corrected chi connectivity index (χ1v) is 9.13. The number of halogens is 2. The minimum atomic E-state index is -0.234. The molecule has 5 nitrogen and oxygen atoms in total. The van der Waals surface area contributed by atoms with Crippen molar-refractivity contribution in [3.05, 3.63) is 75.1 Å². The molecule has 0 fully saturated rings. The molecule has 0 saturated carbocycles. The molecule has 2 aromatic heterocycles. The van der Waals surface area contributed by atoms with Crippen LogP contribution in [0.1, 0.15) is 10.4 Å². The molecule has 0 bridgehead atoms. The number of fused-ring (bicyclic) bond motifs is 1. The minimum Gasteiger partial charge on any atom is -0.436 e. The van der Waals surface area contributed by atoms with Crippen LogP contribution in [0.5, 0.6) is 0 Å². The molecule has 0 aliphatic rings. The van der Waals surface area contributed by atoms with Gasteiger partial charge in [0.05, 0.1) is 16.1 Å². The number of anilines is 1. The largest absolute Gasteiger partial charge is 0.436 e. The zero-order valence-corrected chi connectivity index (χ0v) is 16.2. The lowest BCUT2D eigenvalue weighted by molar-refractivity contribution is 0.102. The summed E-state index contributed by atoms with van der Waals surface area (Å²) in [7, 11) is 0. The summed E-state index contributed by atoms with van der Waals surface area (Å²) >= 11 is 8.47. The molecule has 0 spiro atoms. The van der Waals surface area contributed by atoms with Gasteiger partial charge in [-0.1, -0.05) is 11.6 Å². The van der Waals surface area contributed by atoms with Crippen molar-refractivity contribution in [2.24, 2.45) is 0 Å². The van der Waals surface area contributed by atoms with Crippen molar-refractivity contribution in [2.45, 2.75) is 0 Å². The van der Waals surface area contributed by atoms with Crippen molar-refractivity contribution < 1.29 is 9.21 Å². The molecule has 0 radical (unpaired) electrons. The number of oxazole rings is 1. The summed E-state index contributed by atoms with van der Waals surface area (Å²) in [6.07, 6.45) is 3.14. The fourth-order valence-electron chi connectivity index (χ4n) is 2.48. The summed E-state index contributed by atoms with van der Waals surface area (Å²) in [5.74, 6) is 0.209. The third-order valence-electron chi connectivity index (χ3n) is 3.73. The van der Waals surface area contributed by atoms with Gasteiger partial charge in [-0.05, 0) is 71.1 Å². The number of nitrogens with zero attached hydrogens (tertiary/aromatic N) is 2. The van der Waals surface area contributed by atoms with Crippen LogP contribution >= 0.6 is 34.2 Å². The number of carbonyl (C=O) groups excluding carboxylic acids is 1. The van der Waals surface area contributed by atoms with E-state index in [0.29, 0.717) is 33.3 Å². The van der Waals surface area contributed by atoms with Crippen LogP contribution in [0, 0.1) is 3.57 Å². The van der Waals surface area contributed by atoms with Gasteiger partial charge in [-0.25, -0.2) is 4.98 Å². The zero-order valence-electron chi connectivity index (χ0n) is 13.2. The van der Waals surface area contributed by atoms with Crippen molar-refractivity contribution in [1.29, 1.82) is 0 Å². The second-order valence-electron chi connectivity index (χ2n) is 5.52. The first-order chi connectivity index (χ1) is 12.6. The van der Waals surface area contributed by atoms with Crippen LogP contribution in [0.15, 0.2) is 65.3 Å². The van der Waals surface area contributed by atoms with E-state index in [-0.39, 0.29) is 5.91 Å². The molecule has 128 valence electrons. The number of hydrogen-bond acceptors (Lipinski definition) is 4. The van der Waals surface area contributed by atoms with E-state index >= 15 is 0 Å². The molecule has 26 heavy (non-hydrogen) atoms. The Morgan fingerprint density at radius 1 is 1.15 bits per heavy atom. The van der Waals surface area contributed by atoms with E-state index in [4.69, 9.17) is 16.0 Å². The average Bonchev–Trinajstić information content (AvgIpc) is 3.07. The monoisotopic (exact) mass is 475 g/mol. The number of hydrogen-bond donors (Lipinski definition) is 1. The second kappa shape index (κ2) is 7.05. The molecule has 0 atom stereocenters. The number of pyridine rings is 1. The third-order valence-corrected chi connectivity index (χ3v) is 4.73. The van der Waals surface area contributed by atoms with Crippen LogP contribution in [0.25, 0.3) is 22.6 Å². The summed E-state index contributed by atoms with van der Waals surface area (Å²) in [5, 5.41) is 3.40. The van der Waals surface area contributed by atoms with Gasteiger partial charge in [0.15, 0.2) is 5.58 Å². The van der Waals surface area contributed by atoms with Gasteiger partial charge in [0.25, 0.3) is 5.91 Å². The second-order valence-corrected chi connectivity index (χ2v) is 7.17. The van der Waals surface area contributed by atoms with E-state index in [9.17, 15) is 4.79 Å². The quantitative estimate of drug-likeness (QED) is 0.403. The van der Waals surface area contributed by atoms with E-state index in [2.05, 4.69) is 37.9 Å². The van der Waals surface area contributed by atoms with Crippen LogP contribution < -0.4 is 5.32 Å². The molecule has 2 heterocycles. The first-order valence-electron chi connectivity index (χ1n) is 7.67. The lowest BCUT2D eigenvalue weighted by Gasteiger charge is -2.04. The molecule has 4 aromatic rings. The standard InChI is InChI=1S/C19H11ClIN3O2/c20-15-5-3-12(21)8-14(15)19-24-16-9-13(4-6-17(16)26-19)23-18(25)11-2-1-7-22-10-11/h1-10H,(H,23,25). The maximum atomic E-state index is 12.2. The molecular weight excluding hydrogens is 465 g/mol. The van der Waals surface area contributed by atoms with Gasteiger partial charge < -0.3 is 9.73 Å².